The van der Waals surface area contributed by atoms with Gasteiger partial charge in [-0.15, -0.1) is 0 Å². The number of nitrogens with one attached hydrogen (secondary N) is 1. The lowest BCUT2D eigenvalue weighted by Gasteiger charge is -2.11. The van der Waals surface area contributed by atoms with Crippen molar-refractivity contribution in [2.75, 3.05) is 19.8 Å². The third-order valence-corrected chi connectivity index (χ3v) is 4.22. The molecule has 0 saturated heterocycles. The molecule has 5 heteroatoms. The van der Waals surface area contributed by atoms with Crippen LogP contribution in [0, 0.1) is 19.8 Å². The molecule has 1 aliphatic rings. The highest BCUT2D eigenvalue weighted by atomic mass is 16.5. The van der Waals surface area contributed by atoms with Crippen LogP contribution in [0.15, 0.2) is 22.6 Å². The second kappa shape index (κ2) is 6.72. The monoisotopic (exact) mass is 317 g/mol. The number of aryl methyl sites for hydroxylation is 2. The molecule has 5 nitrogen and oxygen atoms in total. The van der Waals surface area contributed by atoms with Crippen LogP contribution in [0.4, 0.5) is 0 Å². The summed E-state index contributed by atoms with van der Waals surface area (Å²) in [5, 5.41) is 13.4. The molecule has 2 aromatic rings. The Hall–Kier alpha value is -1.85. The Morgan fingerprint density at radius 1 is 1.35 bits per heavy atom. The van der Waals surface area contributed by atoms with E-state index in [0.717, 1.165) is 16.5 Å². The Bertz CT molecular complexity index is 663. The number of rotatable bonds is 7. The lowest BCUT2D eigenvalue weighted by atomic mass is 10.1. The van der Waals surface area contributed by atoms with Crippen molar-refractivity contribution >= 4 is 16.9 Å². The van der Waals surface area contributed by atoms with Gasteiger partial charge in [0.25, 0.3) is 5.91 Å². The molecule has 1 saturated carbocycles. The zero-order valence-corrected chi connectivity index (χ0v) is 13.6. The quantitative estimate of drug-likeness (QED) is 0.823. The van der Waals surface area contributed by atoms with Crippen LogP contribution in [0.3, 0.4) is 0 Å². The van der Waals surface area contributed by atoms with Gasteiger partial charge in [0, 0.05) is 18.5 Å². The molecule has 1 unspecified atom stereocenters. The number of aliphatic hydroxyl groups excluding tert-OH is 1. The first-order valence-corrected chi connectivity index (χ1v) is 8.07. The maximum absolute atomic E-state index is 12.1. The summed E-state index contributed by atoms with van der Waals surface area (Å²) in [5.74, 6) is 0.605. The van der Waals surface area contributed by atoms with E-state index >= 15 is 0 Å². The number of furan rings is 1. The maximum atomic E-state index is 12.1. The number of hydrogen-bond donors (Lipinski definition) is 2. The summed E-state index contributed by atoms with van der Waals surface area (Å²) in [5.41, 5.74) is 2.99. The second-order valence-corrected chi connectivity index (χ2v) is 6.43. The molecule has 3 rings (SSSR count). The van der Waals surface area contributed by atoms with Gasteiger partial charge in [0.1, 0.15) is 5.58 Å². The van der Waals surface area contributed by atoms with Crippen molar-refractivity contribution in [2.45, 2.75) is 32.8 Å². The van der Waals surface area contributed by atoms with Gasteiger partial charge in [-0.25, -0.2) is 0 Å². The van der Waals surface area contributed by atoms with Crippen LogP contribution in [-0.4, -0.2) is 36.9 Å². The Kier molecular flexibility index (Phi) is 4.68. The lowest BCUT2D eigenvalue weighted by Crippen LogP contribution is -2.34. The topological polar surface area (TPSA) is 71.7 Å². The van der Waals surface area contributed by atoms with Crippen molar-refractivity contribution in [2.24, 2.45) is 5.92 Å². The van der Waals surface area contributed by atoms with Crippen LogP contribution in [0.25, 0.3) is 11.0 Å². The molecule has 1 fully saturated rings. The van der Waals surface area contributed by atoms with E-state index in [4.69, 9.17) is 9.15 Å². The average Bonchev–Trinajstić information content (AvgIpc) is 3.25. The minimum atomic E-state index is -0.702. The van der Waals surface area contributed by atoms with Crippen LogP contribution < -0.4 is 5.32 Å². The third kappa shape index (κ3) is 4.12. The van der Waals surface area contributed by atoms with E-state index in [1.165, 1.54) is 12.8 Å². The van der Waals surface area contributed by atoms with E-state index in [2.05, 4.69) is 5.32 Å². The molecule has 1 aromatic heterocycles. The molecule has 0 aliphatic heterocycles. The van der Waals surface area contributed by atoms with Crippen molar-refractivity contribution in [3.63, 3.8) is 0 Å². The number of fused-ring (bicyclic) bond motifs is 1. The van der Waals surface area contributed by atoms with Gasteiger partial charge >= 0.3 is 0 Å². The molecule has 1 amide bonds. The predicted octanol–water partition coefficient (Wildman–Crippen LogP) is 2.57. The highest BCUT2D eigenvalue weighted by Gasteiger charge is 2.21. The minimum Gasteiger partial charge on any atom is -0.451 e. The minimum absolute atomic E-state index is 0.151. The second-order valence-electron chi connectivity index (χ2n) is 6.43. The van der Waals surface area contributed by atoms with Crippen LogP contribution in [0.1, 0.15) is 34.5 Å². The van der Waals surface area contributed by atoms with E-state index in [1.54, 1.807) is 6.07 Å². The molecule has 1 aliphatic carbocycles. The van der Waals surface area contributed by atoms with Crippen LogP contribution >= 0.6 is 0 Å². The first-order valence-electron chi connectivity index (χ1n) is 8.07. The average molecular weight is 317 g/mol. The van der Waals surface area contributed by atoms with Crippen molar-refractivity contribution in [1.82, 2.24) is 5.32 Å². The molecule has 0 bridgehead atoms. The Labute approximate surface area is 135 Å². The molecule has 1 aromatic carbocycles. The number of ether oxygens (including phenoxy) is 1. The Morgan fingerprint density at radius 3 is 2.83 bits per heavy atom. The van der Waals surface area contributed by atoms with Gasteiger partial charge in [0.15, 0.2) is 5.76 Å². The van der Waals surface area contributed by atoms with Gasteiger partial charge in [-0.05, 0) is 61.9 Å². The van der Waals surface area contributed by atoms with Crippen molar-refractivity contribution in [3.8, 4) is 0 Å². The van der Waals surface area contributed by atoms with Crippen LogP contribution in [-0.2, 0) is 4.74 Å². The number of carbonyl (C=O) groups excluding carboxylic acids is 1. The van der Waals surface area contributed by atoms with Gasteiger partial charge in [0.2, 0.25) is 0 Å². The highest BCUT2D eigenvalue weighted by molar-refractivity contribution is 5.96. The molecule has 124 valence electrons. The molecule has 1 heterocycles. The summed E-state index contributed by atoms with van der Waals surface area (Å²) in [4.78, 5) is 12.1. The first-order chi connectivity index (χ1) is 11.0. The van der Waals surface area contributed by atoms with Crippen LogP contribution in [0.2, 0.25) is 0 Å². The van der Waals surface area contributed by atoms with Crippen molar-refractivity contribution < 1.29 is 19.1 Å². The van der Waals surface area contributed by atoms with E-state index in [0.29, 0.717) is 18.1 Å². The van der Waals surface area contributed by atoms with Crippen molar-refractivity contribution in [3.05, 3.63) is 35.1 Å². The fourth-order valence-corrected chi connectivity index (χ4v) is 2.43. The standard InChI is InChI=1S/C18H23NO4/c1-11-5-14-7-17(23-16(14)6-12(11)2)18(21)19-8-15(20)10-22-9-13-3-4-13/h5-7,13,15,20H,3-4,8-10H2,1-2H3,(H,19,21). The fraction of sp³-hybridized carbons (Fsp3) is 0.500. The summed E-state index contributed by atoms with van der Waals surface area (Å²) in [7, 11) is 0. The van der Waals surface area contributed by atoms with Crippen molar-refractivity contribution in [1.29, 1.82) is 0 Å². The molecule has 2 N–H and O–H groups in total. The van der Waals surface area contributed by atoms with E-state index in [1.807, 2.05) is 26.0 Å². The number of benzene rings is 1. The molecular weight excluding hydrogens is 294 g/mol. The summed E-state index contributed by atoms with van der Waals surface area (Å²) in [6.07, 6.45) is 1.74. The maximum Gasteiger partial charge on any atom is 0.287 e. The highest BCUT2D eigenvalue weighted by Crippen LogP contribution is 2.28. The molecule has 23 heavy (non-hydrogen) atoms. The number of carbonyl (C=O) groups is 1. The van der Waals surface area contributed by atoms with Gasteiger partial charge in [0.05, 0.1) is 12.7 Å². The number of hydrogen-bond acceptors (Lipinski definition) is 4. The fourth-order valence-electron chi connectivity index (χ4n) is 2.43. The smallest absolute Gasteiger partial charge is 0.287 e. The van der Waals surface area contributed by atoms with E-state index < -0.39 is 6.10 Å². The lowest BCUT2D eigenvalue weighted by molar-refractivity contribution is 0.0319. The zero-order valence-electron chi connectivity index (χ0n) is 13.6. The summed E-state index contributed by atoms with van der Waals surface area (Å²) < 4.78 is 11.0. The molecule has 0 radical (unpaired) electrons. The SMILES string of the molecule is Cc1cc2cc(C(=O)NCC(O)COCC3CC3)oc2cc1C. The molecular formula is C18H23NO4. The Balaban J connectivity index is 1.52. The Morgan fingerprint density at radius 2 is 2.09 bits per heavy atom. The van der Waals surface area contributed by atoms with E-state index in [9.17, 15) is 9.90 Å². The number of aliphatic hydroxyl groups is 1. The molecule has 1 atom stereocenters. The zero-order chi connectivity index (χ0) is 16.4. The summed E-state index contributed by atoms with van der Waals surface area (Å²) in [6, 6.07) is 5.67. The third-order valence-electron chi connectivity index (χ3n) is 4.22. The van der Waals surface area contributed by atoms with Gasteiger partial charge < -0.3 is 19.6 Å². The number of amides is 1. The van der Waals surface area contributed by atoms with Gasteiger partial charge in [-0.2, -0.15) is 0 Å². The summed E-state index contributed by atoms with van der Waals surface area (Å²) >= 11 is 0. The molecule has 0 spiro atoms. The first kappa shape index (κ1) is 16.0. The summed E-state index contributed by atoms with van der Waals surface area (Å²) in [6.45, 7) is 5.13. The van der Waals surface area contributed by atoms with Crippen LogP contribution in [0.5, 0.6) is 0 Å². The normalized spacial score (nSPS) is 15.8. The largest absolute Gasteiger partial charge is 0.451 e. The van der Waals surface area contributed by atoms with Gasteiger partial charge in [-0.1, -0.05) is 0 Å². The van der Waals surface area contributed by atoms with Gasteiger partial charge in [-0.3, -0.25) is 4.79 Å². The predicted molar refractivity (Wildman–Crippen MR) is 87.6 cm³/mol. The van der Waals surface area contributed by atoms with E-state index in [-0.39, 0.29) is 24.8 Å².